The van der Waals surface area contributed by atoms with Crippen molar-refractivity contribution in [2.45, 2.75) is 19.2 Å². The highest BCUT2D eigenvalue weighted by atomic mass is 79.9. The number of aliphatic hydroxyl groups excluding tert-OH is 1. The monoisotopic (exact) mass is 362 g/mol. The molecule has 2 aromatic carbocycles. The molecule has 0 heterocycles. The van der Waals surface area contributed by atoms with E-state index in [0.717, 1.165) is 6.07 Å². The van der Waals surface area contributed by atoms with Crippen LogP contribution in [0.3, 0.4) is 0 Å². The van der Waals surface area contributed by atoms with E-state index in [2.05, 4.69) is 15.9 Å². The van der Waals surface area contributed by atoms with Crippen LogP contribution in [0.1, 0.15) is 28.4 Å². The summed E-state index contributed by atoms with van der Waals surface area (Å²) in [5.74, 6) is -0.433. The van der Waals surface area contributed by atoms with Crippen molar-refractivity contribution in [1.29, 1.82) is 0 Å². The molecule has 112 valence electrons. The maximum atomic E-state index is 13.2. The van der Waals surface area contributed by atoms with Crippen LogP contribution in [0.15, 0.2) is 40.9 Å². The van der Waals surface area contributed by atoms with E-state index in [1.165, 1.54) is 37.3 Å². The van der Waals surface area contributed by atoms with Crippen molar-refractivity contribution in [2.24, 2.45) is 0 Å². The standard InChI is InChI=1S/C15H11BrF4O/c1-8-6-9(3-5-13(8)17)14(21)10-2-4-12(16)11(7-10)15(18,19)20/h2-7,14,21H,1H3. The third kappa shape index (κ3) is 3.44. The molecule has 0 fully saturated rings. The molecule has 1 atom stereocenters. The molecular weight excluding hydrogens is 352 g/mol. The van der Waals surface area contributed by atoms with Gasteiger partial charge in [-0.3, -0.25) is 0 Å². The Labute approximate surface area is 127 Å². The summed E-state index contributed by atoms with van der Waals surface area (Å²) >= 11 is 2.84. The van der Waals surface area contributed by atoms with E-state index in [1.807, 2.05) is 0 Å². The van der Waals surface area contributed by atoms with Gasteiger partial charge in [-0.1, -0.05) is 34.1 Å². The zero-order valence-corrected chi connectivity index (χ0v) is 12.5. The Morgan fingerprint density at radius 2 is 1.62 bits per heavy atom. The second-order valence-electron chi connectivity index (χ2n) is 4.65. The van der Waals surface area contributed by atoms with Crippen LogP contribution in [0.25, 0.3) is 0 Å². The van der Waals surface area contributed by atoms with Crippen LogP contribution >= 0.6 is 15.9 Å². The summed E-state index contributed by atoms with van der Waals surface area (Å²) in [5, 5.41) is 10.2. The van der Waals surface area contributed by atoms with Gasteiger partial charge in [-0.25, -0.2) is 4.39 Å². The van der Waals surface area contributed by atoms with Crippen molar-refractivity contribution < 1.29 is 22.7 Å². The molecule has 2 aromatic rings. The fourth-order valence-corrected chi connectivity index (χ4v) is 2.43. The van der Waals surface area contributed by atoms with E-state index in [1.54, 1.807) is 0 Å². The molecule has 1 nitrogen and oxygen atoms in total. The predicted molar refractivity (Wildman–Crippen MR) is 74.3 cm³/mol. The summed E-state index contributed by atoms with van der Waals surface area (Å²) in [4.78, 5) is 0. The van der Waals surface area contributed by atoms with Gasteiger partial charge in [0.15, 0.2) is 0 Å². The topological polar surface area (TPSA) is 20.2 Å². The van der Waals surface area contributed by atoms with E-state index >= 15 is 0 Å². The summed E-state index contributed by atoms with van der Waals surface area (Å²) in [6.45, 7) is 1.52. The van der Waals surface area contributed by atoms with Crippen LogP contribution < -0.4 is 0 Å². The average molecular weight is 363 g/mol. The number of benzene rings is 2. The molecule has 0 aromatic heterocycles. The fourth-order valence-electron chi connectivity index (χ4n) is 1.96. The van der Waals surface area contributed by atoms with Crippen molar-refractivity contribution >= 4 is 15.9 Å². The summed E-state index contributed by atoms with van der Waals surface area (Å²) in [6, 6.07) is 7.45. The first kappa shape index (κ1) is 16.0. The number of rotatable bonds is 2. The Balaban J connectivity index is 2.44. The molecule has 1 N–H and O–H groups in total. The van der Waals surface area contributed by atoms with E-state index in [0.29, 0.717) is 11.1 Å². The lowest BCUT2D eigenvalue weighted by atomic mass is 9.98. The Bertz CT molecular complexity index is 667. The van der Waals surface area contributed by atoms with Crippen molar-refractivity contribution in [3.63, 3.8) is 0 Å². The van der Waals surface area contributed by atoms with Gasteiger partial charge in [-0.15, -0.1) is 0 Å². The first-order valence-corrected chi connectivity index (χ1v) is 6.80. The molecule has 0 spiro atoms. The van der Waals surface area contributed by atoms with Gasteiger partial charge in [0.25, 0.3) is 0 Å². The van der Waals surface area contributed by atoms with Crippen LogP contribution in [0, 0.1) is 12.7 Å². The highest BCUT2D eigenvalue weighted by molar-refractivity contribution is 9.10. The first-order valence-electron chi connectivity index (χ1n) is 6.01. The van der Waals surface area contributed by atoms with Gasteiger partial charge in [0.2, 0.25) is 0 Å². The second-order valence-corrected chi connectivity index (χ2v) is 5.50. The smallest absolute Gasteiger partial charge is 0.384 e. The maximum absolute atomic E-state index is 13.2. The maximum Gasteiger partial charge on any atom is 0.417 e. The summed E-state index contributed by atoms with van der Waals surface area (Å²) in [6.07, 6.45) is -5.77. The summed E-state index contributed by atoms with van der Waals surface area (Å²) in [7, 11) is 0. The van der Waals surface area contributed by atoms with Crippen molar-refractivity contribution in [1.82, 2.24) is 0 Å². The average Bonchev–Trinajstić information content (AvgIpc) is 2.40. The van der Waals surface area contributed by atoms with E-state index in [-0.39, 0.29) is 10.0 Å². The second kappa shape index (κ2) is 5.77. The number of aryl methyl sites for hydroxylation is 1. The first-order chi connectivity index (χ1) is 9.70. The van der Waals surface area contributed by atoms with Gasteiger partial charge in [0.1, 0.15) is 11.9 Å². The van der Waals surface area contributed by atoms with E-state index in [9.17, 15) is 22.7 Å². The van der Waals surface area contributed by atoms with E-state index < -0.39 is 23.7 Å². The minimum absolute atomic E-state index is 0.0940. The minimum Gasteiger partial charge on any atom is -0.384 e. The lowest BCUT2D eigenvalue weighted by Crippen LogP contribution is -2.09. The Kier molecular flexibility index (Phi) is 4.39. The van der Waals surface area contributed by atoms with Gasteiger partial charge >= 0.3 is 6.18 Å². The number of hydrogen-bond acceptors (Lipinski definition) is 1. The summed E-state index contributed by atoms with van der Waals surface area (Å²) in [5.41, 5.74) is -0.113. The lowest BCUT2D eigenvalue weighted by molar-refractivity contribution is -0.138. The molecule has 0 aliphatic carbocycles. The van der Waals surface area contributed by atoms with Crippen molar-refractivity contribution in [3.8, 4) is 0 Å². The van der Waals surface area contributed by atoms with Crippen LogP contribution in [-0.4, -0.2) is 5.11 Å². The van der Waals surface area contributed by atoms with Crippen LogP contribution in [-0.2, 0) is 6.18 Å². The highest BCUT2D eigenvalue weighted by Gasteiger charge is 2.33. The lowest BCUT2D eigenvalue weighted by Gasteiger charge is -2.16. The zero-order valence-electron chi connectivity index (χ0n) is 10.9. The van der Waals surface area contributed by atoms with Crippen LogP contribution in [0.4, 0.5) is 17.6 Å². The van der Waals surface area contributed by atoms with Gasteiger partial charge in [0, 0.05) is 4.47 Å². The summed E-state index contributed by atoms with van der Waals surface area (Å²) < 4.78 is 51.7. The third-order valence-electron chi connectivity index (χ3n) is 3.11. The van der Waals surface area contributed by atoms with Crippen molar-refractivity contribution in [2.75, 3.05) is 0 Å². The molecule has 2 rings (SSSR count). The number of hydrogen-bond donors (Lipinski definition) is 1. The van der Waals surface area contributed by atoms with Gasteiger partial charge in [-0.2, -0.15) is 13.2 Å². The minimum atomic E-state index is -4.52. The highest BCUT2D eigenvalue weighted by Crippen LogP contribution is 2.37. The normalized spacial score (nSPS) is 13.3. The molecule has 0 radical (unpaired) electrons. The van der Waals surface area contributed by atoms with Crippen LogP contribution in [0.5, 0.6) is 0 Å². The van der Waals surface area contributed by atoms with Crippen molar-refractivity contribution in [3.05, 3.63) is 68.9 Å². The number of aliphatic hydroxyl groups is 1. The molecule has 0 saturated heterocycles. The fraction of sp³-hybridized carbons (Fsp3) is 0.200. The van der Waals surface area contributed by atoms with Gasteiger partial charge < -0.3 is 5.11 Å². The predicted octanol–water partition coefficient (Wildman–Crippen LogP) is 5.00. The largest absolute Gasteiger partial charge is 0.417 e. The number of alkyl halides is 3. The molecule has 0 amide bonds. The third-order valence-corrected chi connectivity index (χ3v) is 3.80. The molecule has 1 unspecified atom stereocenters. The van der Waals surface area contributed by atoms with Crippen LogP contribution in [0.2, 0.25) is 0 Å². The Morgan fingerprint density at radius 3 is 2.19 bits per heavy atom. The molecule has 21 heavy (non-hydrogen) atoms. The SMILES string of the molecule is Cc1cc(C(O)c2ccc(Br)c(C(F)(F)F)c2)ccc1F. The molecule has 0 saturated carbocycles. The molecular formula is C15H11BrF4O. The van der Waals surface area contributed by atoms with E-state index in [4.69, 9.17) is 0 Å². The quantitative estimate of drug-likeness (QED) is 0.745. The molecule has 0 aliphatic rings. The Hall–Kier alpha value is -1.40. The Morgan fingerprint density at radius 1 is 1.05 bits per heavy atom. The van der Waals surface area contributed by atoms with Gasteiger partial charge in [0.05, 0.1) is 5.56 Å². The number of halogens is 5. The zero-order chi connectivity index (χ0) is 15.8. The molecule has 6 heteroatoms. The molecule has 0 bridgehead atoms. The van der Waals surface area contributed by atoms with Gasteiger partial charge in [-0.05, 0) is 41.8 Å². The molecule has 0 aliphatic heterocycles.